The Balaban J connectivity index is 1.95. The zero-order valence-corrected chi connectivity index (χ0v) is 19.4. The molecular formula is C25H30N4O4. The van der Waals surface area contributed by atoms with Crippen LogP contribution in [0.15, 0.2) is 64.2 Å². The molecule has 3 aromatic rings. The molecule has 33 heavy (non-hydrogen) atoms. The lowest BCUT2D eigenvalue weighted by atomic mass is 10.1. The molecule has 3 rings (SSSR count). The van der Waals surface area contributed by atoms with Gasteiger partial charge in [0.1, 0.15) is 17.1 Å². The van der Waals surface area contributed by atoms with Crippen molar-refractivity contribution in [3.63, 3.8) is 0 Å². The number of aromatic nitrogens is 2. The van der Waals surface area contributed by atoms with Crippen LogP contribution in [-0.4, -0.2) is 40.0 Å². The minimum atomic E-state index is -0.683. The molecule has 8 nitrogen and oxygen atoms in total. The SMILES string of the molecule is CCN(CC(=O)c1c(N)n(Cc2ccccc2)c(=O)n(C)c1=O)C(C)c1cccc(OC)c1. The summed E-state index contributed by atoms with van der Waals surface area (Å²) in [5, 5.41) is 0. The molecular weight excluding hydrogens is 420 g/mol. The maximum absolute atomic E-state index is 13.3. The molecule has 0 bridgehead atoms. The van der Waals surface area contributed by atoms with Gasteiger partial charge in [0.05, 0.1) is 20.2 Å². The number of Topliss-reactive ketones (excluding diaryl/α,β-unsaturated/α-hetero) is 1. The number of benzene rings is 2. The highest BCUT2D eigenvalue weighted by Crippen LogP contribution is 2.24. The van der Waals surface area contributed by atoms with E-state index in [9.17, 15) is 14.4 Å². The number of rotatable bonds is 9. The van der Waals surface area contributed by atoms with Gasteiger partial charge in [0, 0.05) is 13.1 Å². The lowest BCUT2D eigenvalue weighted by molar-refractivity contribution is 0.0902. The Morgan fingerprint density at radius 2 is 1.82 bits per heavy atom. The molecule has 174 valence electrons. The van der Waals surface area contributed by atoms with Crippen LogP contribution in [0, 0.1) is 0 Å². The van der Waals surface area contributed by atoms with Crippen molar-refractivity contribution in [1.82, 2.24) is 14.0 Å². The van der Waals surface area contributed by atoms with Gasteiger partial charge in [-0.3, -0.25) is 23.6 Å². The maximum Gasteiger partial charge on any atom is 0.332 e. The van der Waals surface area contributed by atoms with Crippen molar-refractivity contribution >= 4 is 11.6 Å². The second-order valence-corrected chi connectivity index (χ2v) is 7.92. The molecule has 8 heteroatoms. The number of likely N-dealkylation sites (N-methyl/N-ethyl adjacent to an activating group) is 1. The summed E-state index contributed by atoms with van der Waals surface area (Å²) in [5.41, 5.74) is 6.66. The van der Waals surface area contributed by atoms with E-state index in [0.717, 1.165) is 21.4 Å². The van der Waals surface area contributed by atoms with Crippen molar-refractivity contribution in [2.45, 2.75) is 26.4 Å². The standard InChI is InChI=1S/C25H30N4O4/c1-5-28(17(2)19-12-9-13-20(14-19)33-4)16-21(30)22-23(26)29(25(32)27(3)24(22)31)15-18-10-7-6-8-11-18/h6-14,17H,5,15-16,26H2,1-4H3. The van der Waals surface area contributed by atoms with E-state index in [-0.39, 0.29) is 30.5 Å². The summed E-state index contributed by atoms with van der Waals surface area (Å²) in [7, 11) is 2.96. The number of hydrogen-bond acceptors (Lipinski definition) is 6. The topological polar surface area (TPSA) is 99.6 Å². The molecule has 0 aliphatic carbocycles. The van der Waals surface area contributed by atoms with Crippen LogP contribution in [0.5, 0.6) is 5.75 Å². The summed E-state index contributed by atoms with van der Waals surface area (Å²) >= 11 is 0. The minimum Gasteiger partial charge on any atom is -0.497 e. The van der Waals surface area contributed by atoms with Crippen molar-refractivity contribution in [1.29, 1.82) is 0 Å². The third-order valence-electron chi connectivity index (χ3n) is 5.92. The molecule has 1 aromatic heterocycles. The molecule has 1 atom stereocenters. The number of methoxy groups -OCH3 is 1. The van der Waals surface area contributed by atoms with Crippen LogP contribution < -0.4 is 21.7 Å². The van der Waals surface area contributed by atoms with E-state index in [4.69, 9.17) is 10.5 Å². The summed E-state index contributed by atoms with van der Waals surface area (Å²) in [6.07, 6.45) is 0. The second-order valence-electron chi connectivity index (χ2n) is 7.92. The van der Waals surface area contributed by atoms with Gasteiger partial charge in [0.25, 0.3) is 5.56 Å². The van der Waals surface area contributed by atoms with Gasteiger partial charge in [-0.2, -0.15) is 0 Å². The third-order valence-corrected chi connectivity index (χ3v) is 5.92. The zero-order chi connectivity index (χ0) is 24.1. The lowest BCUT2D eigenvalue weighted by Crippen LogP contribution is -2.44. The lowest BCUT2D eigenvalue weighted by Gasteiger charge is -2.28. The van der Waals surface area contributed by atoms with E-state index in [0.29, 0.717) is 6.54 Å². The number of nitrogens with two attached hydrogens (primary N) is 1. The van der Waals surface area contributed by atoms with Crippen molar-refractivity contribution in [2.75, 3.05) is 25.9 Å². The Morgan fingerprint density at radius 1 is 1.12 bits per heavy atom. The Hall–Kier alpha value is -3.65. The third kappa shape index (κ3) is 5.06. The van der Waals surface area contributed by atoms with E-state index in [1.807, 2.05) is 73.3 Å². The van der Waals surface area contributed by atoms with Crippen molar-refractivity contribution in [2.24, 2.45) is 7.05 Å². The smallest absolute Gasteiger partial charge is 0.332 e. The number of carbonyl (C=O) groups is 1. The molecule has 0 radical (unpaired) electrons. The van der Waals surface area contributed by atoms with Crippen LogP contribution in [0.3, 0.4) is 0 Å². The Labute approximate surface area is 192 Å². The number of hydrogen-bond donors (Lipinski definition) is 1. The van der Waals surface area contributed by atoms with Crippen molar-refractivity contribution in [3.8, 4) is 5.75 Å². The normalized spacial score (nSPS) is 12.0. The monoisotopic (exact) mass is 450 g/mol. The summed E-state index contributed by atoms with van der Waals surface area (Å²) in [4.78, 5) is 40.9. The Morgan fingerprint density at radius 3 is 2.45 bits per heavy atom. The molecule has 0 saturated carbocycles. The zero-order valence-electron chi connectivity index (χ0n) is 19.4. The average molecular weight is 451 g/mol. The number of nitrogen functional groups attached to an aromatic ring is 1. The Bertz CT molecular complexity index is 1250. The molecule has 0 aliphatic rings. The van der Waals surface area contributed by atoms with Gasteiger partial charge in [0.15, 0.2) is 5.78 Å². The molecule has 0 fully saturated rings. The first kappa shape index (κ1) is 24.0. The molecule has 1 heterocycles. The van der Waals surface area contributed by atoms with Crippen LogP contribution in [-0.2, 0) is 13.6 Å². The first-order valence-electron chi connectivity index (χ1n) is 10.8. The largest absolute Gasteiger partial charge is 0.497 e. The first-order valence-corrected chi connectivity index (χ1v) is 10.8. The van der Waals surface area contributed by atoms with Gasteiger partial charge in [0.2, 0.25) is 0 Å². The molecule has 0 amide bonds. The first-order chi connectivity index (χ1) is 15.8. The molecule has 0 saturated heterocycles. The fraction of sp³-hybridized carbons (Fsp3) is 0.320. The molecule has 2 aromatic carbocycles. The number of nitrogens with zero attached hydrogens (tertiary/aromatic N) is 3. The molecule has 2 N–H and O–H groups in total. The highest BCUT2D eigenvalue weighted by Gasteiger charge is 2.25. The highest BCUT2D eigenvalue weighted by molar-refractivity contribution is 6.01. The van der Waals surface area contributed by atoms with E-state index in [2.05, 4.69) is 0 Å². The van der Waals surface area contributed by atoms with Gasteiger partial charge in [-0.1, -0.05) is 49.4 Å². The predicted octanol–water partition coefficient (Wildman–Crippen LogP) is 2.45. The number of ketones is 1. The van der Waals surface area contributed by atoms with Crippen LogP contribution >= 0.6 is 0 Å². The second kappa shape index (κ2) is 10.3. The van der Waals surface area contributed by atoms with E-state index in [1.165, 1.54) is 11.6 Å². The highest BCUT2D eigenvalue weighted by atomic mass is 16.5. The van der Waals surface area contributed by atoms with E-state index in [1.54, 1.807) is 7.11 Å². The van der Waals surface area contributed by atoms with Gasteiger partial charge >= 0.3 is 5.69 Å². The summed E-state index contributed by atoms with van der Waals surface area (Å²) in [5.74, 6) is 0.196. The summed E-state index contributed by atoms with van der Waals surface area (Å²) in [6.45, 7) is 4.66. The minimum absolute atomic E-state index is 0.0160. The molecule has 1 unspecified atom stereocenters. The quantitative estimate of drug-likeness (QED) is 0.503. The van der Waals surface area contributed by atoms with Gasteiger partial charge < -0.3 is 10.5 Å². The Kier molecular flexibility index (Phi) is 7.50. The van der Waals surface area contributed by atoms with Gasteiger partial charge in [-0.05, 0) is 36.7 Å². The van der Waals surface area contributed by atoms with E-state index >= 15 is 0 Å². The number of ether oxygens (including phenoxy) is 1. The van der Waals surface area contributed by atoms with Crippen molar-refractivity contribution < 1.29 is 9.53 Å². The summed E-state index contributed by atoms with van der Waals surface area (Å²) in [6, 6.07) is 16.8. The number of anilines is 1. The molecule has 0 spiro atoms. The number of carbonyl (C=O) groups excluding carboxylic acids is 1. The average Bonchev–Trinajstić information content (AvgIpc) is 2.84. The maximum atomic E-state index is 13.3. The van der Waals surface area contributed by atoms with E-state index < -0.39 is 17.0 Å². The summed E-state index contributed by atoms with van der Waals surface area (Å²) < 4.78 is 7.52. The fourth-order valence-corrected chi connectivity index (χ4v) is 3.86. The fourth-order valence-electron chi connectivity index (χ4n) is 3.86. The van der Waals surface area contributed by atoms with Crippen LogP contribution in [0.25, 0.3) is 0 Å². The van der Waals surface area contributed by atoms with Gasteiger partial charge in [-0.15, -0.1) is 0 Å². The van der Waals surface area contributed by atoms with Crippen LogP contribution in [0.4, 0.5) is 5.82 Å². The molecule has 0 aliphatic heterocycles. The van der Waals surface area contributed by atoms with Crippen LogP contribution in [0.2, 0.25) is 0 Å². The van der Waals surface area contributed by atoms with Gasteiger partial charge in [-0.25, -0.2) is 4.79 Å². The van der Waals surface area contributed by atoms with Crippen molar-refractivity contribution in [3.05, 3.63) is 92.1 Å². The van der Waals surface area contributed by atoms with Crippen LogP contribution in [0.1, 0.15) is 41.4 Å². The predicted molar refractivity (Wildman–Crippen MR) is 129 cm³/mol.